The average Bonchev–Trinajstić information content (AvgIpc) is 2.42. The van der Waals surface area contributed by atoms with Crippen molar-refractivity contribution in [3.63, 3.8) is 0 Å². The van der Waals surface area contributed by atoms with E-state index in [1.807, 2.05) is 12.2 Å². The molecule has 0 aromatic heterocycles. The van der Waals surface area contributed by atoms with Crippen LogP contribution in [0.25, 0.3) is 0 Å². The molecular formula is C22H29NO. The van der Waals surface area contributed by atoms with Gasteiger partial charge in [0.2, 0.25) is 0 Å². The van der Waals surface area contributed by atoms with Crippen molar-refractivity contribution in [3.05, 3.63) is 52.6 Å². The Morgan fingerprint density at radius 1 is 0.833 bits per heavy atom. The third kappa shape index (κ3) is 3.92. The lowest BCUT2D eigenvalue weighted by molar-refractivity contribution is -0.114. The molecule has 0 atom stereocenters. The molecule has 1 aromatic carbocycles. The van der Waals surface area contributed by atoms with Crippen LogP contribution < -0.4 is 0 Å². The molecule has 0 spiro atoms. The van der Waals surface area contributed by atoms with E-state index in [1.165, 1.54) is 5.56 Å². The number of nitrogens with zero attached hydrogens (tertiary/aromatic N) is 1. The first-order valence-corrected chi connectivity index (χ1v) is 8.54. The SMILES string of the molecule is Cc1ccc(C)c(N=C2C=C(C(C)(C)C)C(=O)C(C(C)(C)C)=C2)c1. The molecule has 1 aliphatic rings. The number of aryl methyl sites for hydroxylation is 2. The van der Waals surface area contributed by atoms with Gasteiger partial charge in [0.15, 0.2) is 5.78 Å². The van der Waals surface area contributed by atoms with Crippen molar-refractivity contribution in [1.82, 2.24) is 0 Å². The molecule has 0 saturated carbocycles. The van der Waals surface area contributed by atoms with Gasteiger partial charge in [-0.1, -0.05) is 53.7 Å². The van der Waals surface area contributed by atoms with Crippen LogP contribution in [0.4, 0.5) is 5.69 Å². The maximum atomic E-state index is 12.9. The smallest absolute Gasteiger partial charge is 0.186 e. The average molecular weight is 323 g/mol. The highest BCUT2D eigenvalue weighted by Gasteiger charge is 2.34. The van der Waals surface area contributed by atoms with Crippen molar-refractivity contribution < 1.29 is 4.79 Å². The summed E-state index contributed by atoms with van der Waals surface area (Å²) in [6.07, 6.45) is 3.92. The Hall–Kier alpha value is -1.96. The first-order chi connectivity index (χ1) is 10.9. The summed E-state index contributed by atoms with van der Waals surface area (Å²) in [6, 6.07) is 6.27. The molecule has 2 nitrogen and oxygen atoms in total. The van der Waals surface area contributed by atoms with Gasteiger partial charge in [-0.3, -0.25) is 4.79 Å². The maximum Gasteiger partial charge on any atom is 0.186 e. The molecular weight excluding hydrogens is 294 g/mol. The Kier molecular flexibility index (Phi) is 4.72. The molecule has 128 valence electrons. The standard InChI is InChI=1S/C22H29NO/c1-14-9-10-15(2)19(11-14)23-16-12-17(21(3,4)5)20(24)18(13-16)22(6,7)8/h9-13H,1-8H3. The van der Waals surface area contributed by atoms with Crippen molar-refractivity contribution in [2.24, 2.45) is 15.8 Å². The molecule has 2 rings (SSSR count). The van der Waals surface area contributed by atoms with Gasteiger partial charge in [0.05, 0.1) is 11.4 Å². The van der Waals surface area contributed by atoms with Crippen molar-refractivity contribution in [3.8, 4) is 0 Å². The molecule has 0 amide bonds. The summed E-state index contributed by atoms with van der Waals surface area (Å²) >= 11 is 0. The van der Waals surface area contributed by atoms with E-state index in [0.717, 1.165) is 28.1 Å². The number of Topliss-reactive ketones (excluding diaryl/α,β-unsaturated/α-hetero) is 1. The summed E-state index contributed by atoms with van der Waals surface area (Å²) in [5.74, 6) is 0.148. The van der Waals surface area contributed by atoms with Gasteiger partial charge in [0.25, 0.3) is 0 Å². The van der Waals surface area contributed by atoms with E-state index >= 15 is 0 Å². The lowest BCUT2D eigenvalue weighted by atomic mass is 9.72. The largest absolute Gasteiger partial charge is 0.289 e. The lowest BCUT2D eigenvalue weighted by Gasteiger charge is -2.31. The number of benzene rings is 1. The Bertz CT molecular complexity index is 726. The molecule has 2 heteroatoms. The minimum atomic E-state index is -0.204. The molecule has 0 radical (unpaired) electrons. The number of hydrogen-bond acceptors (Lipinski definition) is 2. The van der Waals surface area contributed by atoms with Crippen molar-refractivity contribution >= 4 is 17.2 Å². The molecule has 0 N–H and O–H groups in total. The van der Waals surface area contributed by atoms with Gasteiger partial charge < -0.3 is 0 Å². The highest BCUT2D eigenvalue weighted by Crippen LogP contribution is 2.37. The van der Waals surface area contributed by atoms with E-state index in [4.69, 9.17) is 4.99 Å². The van der Waals surface area contributed by atoms with Gasteiger partial charge in [0.1, 0.15) is 0 Å². The Labute approximate surface area is 146 Å². The van der Waals surface area contributed by atoms with E-state index in [9.17, 15) is 4.79 Å². The second-order valence-corrected chi connectivity index (χ2v) is 8.77. The second kappa shape index (κ2) is 6.16. The summed E-state index contributed by atoms with van der Waals surface area (Å²) in [6.45, 7) is 16.6. The number of carbonyl (C=O) groups is 1. The van der Waals surface area contributed by atoms with E-state index in [2.05, 4.69) is 73.6 Å². The molecule has 1 aromatic rings. The highest BCUT2D eigenvalue weighted by atomic mass is 16.1. The summed E-state index contributed by atoms with van der Waals surface area (Å²) in [5.41, 5.74) is 5.41. The molecule has 0 fully saturated rings. The molecule has 0 aliphatic heterocycles. The van der Waals surface area contributed by atoms with Crippen LogP contribution in [0.3, 0.4) is 0 Å². The minimum absolute atomic E-state index is 0.148. The van der Waals surface area contributed by atoms with Crippen LogP contribution in [0.15, 0.2) is 46.5 Å². The van der Waals surface area contributed by atoms with Gasteiger partial charge in [-0.25, -0.2) is 4.99 Å². The molecule has 24 heavy (non-hydrogen) atoms. The Balaban J connectivity index is 2.64. The fourth-order valence-electron chi connectivity index (χ4n) is 2.77. The Morgan fingerprint density at radius 3 is 1.79 bits per heavy atom. The van der Waals surface area contributed by atoms with Gasteiger partial charge >= 0.3 is 0 Å². The van der Waals surface area contributed by atoms with E-state index in [1.54, 1.807) is 0 Å². The number of rotatable bonds is 1. The second-order valence-electron chi connectivity index (χ2n) is 8.77. The normalized spacial score (nSPS) is 16.0. The zero-order valence-electron chi connectivity index (χ0n) is 16.2. The number of ketones is 1. The van der Waals surface area contributed by atoms with Crippen LogP contribution in [-0.4, -0.2) is 11.5 Å². The highest BCUT2D eigenvalue weighted by molar-refractivity contribution is 6.23. The fraction of sp³-hybridized carbons (Fsp3) is 0.455. The number of hydrogen-bond donors (Lipinski definition) is 0. The molecule has 1 aliphatic carbocycles. The molecule has 0 heterocycles. The quantitative estimate of drug-likeness (QED) is 0.591. The van der Waals surface area contributed by atoms with E-state index < -0.39 is 0 Å². The number of allylic oxidation sites excluding steroid dienone is 4. The van der Waals surface area contributed by atoms with Crippen LogP contribution in [0.5, 0.6) is 0 Å². The lowest BCUT2D eigenvalue weighted by Crippen LogP contribution is -2.29. The number of aliphatic imine (C=N–C) groups is 1. The molecule has 0 bridgehead atoms. The van der Waals surface area contributed by atoms with Gasteiger partial charge in [-0.15, -0.1) is 0 Å². The van der Waals surface area contributed by atoms with Crippen LogP contribution in [0, 0.1) is 24.7 Å². The first kappa shape index (κ1) is 18.4. The molecule has 0 unspecified atom stereocenters. The van der Waals surface area contributed by atoms with Crippen LogP contribution in [0.2, 0.25) is 0 Å². The molecule has 0 saturated heterocycles. The summed E-state index contributed by atoms with van der Waals surface area (Å²) in [5, 5.41) is 0. The van der Waals surface area contributed by atoms with Crippen LogP contribution >= 0.6 is 0 Å². The predicted molar refractivity (Wildman–Crippen MR) is 103 cm³/mol. The fourth-order valence-corrected chi connectivity index (χ4v) is 2.77. The first-order valence-electron chi connectivity index (χ1n) is 8.54. The minimum Gasteiger partial charge on any atom is -0.289 e. The van der Waals surface area contributed by atoms with Crippen molar-refractivity contribution in [1.29, 1.82) is 0 Å². The summed E-state index contributed by atoms with van der Waals surface area (Å²) in [4.78, 5) is 17.8. The van der Waals surface area contributed by atoms with Crippen molar-refractivity contribution in [2.45, 2.75) is 55.4 Å². The predicted octanol–water partition coefficient (Wildman–Crippen LogP) is 5.90. The summed E-state index contributed by atoms with van der Waals surface area (Å²) in [7, 11) is 0. The van der Waals surface area contributed by atoms with Gasteiger partial charge in [-0.2, -0.15) is 0 Å². The third-order valence-corrected chi connectivity index (χ3v) is 4.30. The third-order valence-electron chi connectivity index (χ3n) is 4.30. The van der Waals surface area contributed by atoms with E-state index in [0.29, 0.717) is 0 Å². The maximum absolute atomic E-state index is 12.9. The topological polar surface area (TPSA) is 29.4 Å². The van der Waals surface area contributed by atoms with Gasteiger partial charge in [-0.05, 0) is 54.0 Å². The Morgan fingerprint density at radius 2 is 1.33 bits per heavy atom. The zero-order chi connectivity index (χ0) is 18.3. The van der Waals surface area contributed by atoms with Crippen molar-refractivity contribution in [2.75, 3.05) is 0 Å². The monoisotopic (exact) mass is 323 g/mol. The van der Waals surface area contributed by atoms with E-state index in [-0.39, 0.29) is 16.6 Å². The van der Waals surface area contributed by atoms with Gasteiger partial charge in [0, 0.05) is 11.1 Å². The van der Waals surface area contributed by atoms with Crippen LogP contribution in [-0.2, 0) is 4.79 Å². The zero-order valence-corrected chi connectivity index (χ0v) is 16.2. The summed E-state index contributed by atoms with van der Waals surface area (Å²) < 4.78 is 0. The van der Waals surface area contributed by atoms with Crippen LogP contribution in [0.1, 0.15) is 52.7 Å². The number of carbonyl (C=O) groups excluding carboxylic acids is 1.